The normalized spacial score (nSPS) is 10.8. The molecule has 20 heavy (non-hydrogen) atoms. The zero-order chi connectivity index (χ0) is 14.7. The third-order valence-corrected chi connectivity index (χ3v) is 3.29. The third-order valence-electron chi connectivity index (χ3n) is 3.29. The molecular weight excluding hydrogens is 250 g/mol. The lowest BCUT2D eigenvalue weighted by molar-refractivity contribution is 0.647. The summed E-state index contributed by atoms with van der Waals surface area (Å²) in [5.74, 6) is 0.667. The van der Waals surface area contributed by atoms with Gasteiger partial charge in [0.1, 0.15) is 0 Å². The van der Waals surface area contributed by atoms with Crippen LogP contribution in [0.4, 0.5) is 11.6 Å². The van der Waals surface area contributed by atoms with Crippen LogP contribution in [-0.2, 0) is 6.54 Å². The minimum absolute atomic E-state index is 0.288. The predicted molar refractivity (Wildman–Crippen MR) is 81.5 cm³/mol. The first kappa shape index (κ1) is 14.2. The van der Waals surface area contributed by atoms with E-state index in [0.29, 0.717) is 5.95 Å². The minimum atomic E-state index is 0.288. The van der Waals surface area contributed by atoms with Crippen molar-refractivity contribution < 1.29 is 0 Å². The number of aryl methyl sites for hydroxylation is 2. The van der Waals surface area contributed by atoms with Crippen LogP contribution in [0.15, 0.2) is 24.3 Å². The molecule has 0 bridgehead atoms. The van der Waals surface area contributed by atoms with Crippen LogP contribution in [0.3, 0.4) is 0 Å². The lowest BCUT2D eigenvalue weighted by Crippen LogP contribution is -2.32. The monoisotopic (exact) mass is 271 g/mol. The molecule has 1 heterocycles. The average Bonchev–Trinajstić information content (AvgIpc) is 2.41. The summed E-state index contributed by atoms with van der Waals surface area (Å²) < 4.78 is 0. The lowest BCUT2D eigenvalue weighted by Gasteiger charge is -2.26. The van der Waals surface area contributed by atoms with E-state index in [1.807, 2.05) is 38.1 Å². The van der Waals surface area contributed by atoms with Crippen molar-refractivity contribution in [3.05, 3.63) is 41.2 Å². The van der Waals surface area contributed by atoms with E-state index >= 15 is 0 Å². The summed E-state index contributed by atoms with van der Waals surface area (Å²) in [6, 6.07) is 8.16. The summed E-state index contributed by atoms with van der Waals surface area (Å²) in [6.45, 7) is 8.85. The molecule has 1 aromatic carbocycles. The second-order valence-electron chi connectivity index (χ2n) is 5.25. The Kier molecular flexibility index (Phi) is 4.17. The number of anilines is 2. The molecule has 0 aliphatic heterocycles. The lowest BCUT2D eigenvalue weighted by atomic mass is 10.2. The molecule has 5 heteroatoms. The number of hydrogen-bond acceptors (Lipinski definition) is 5. The molecule has 0 saturated heterocycles. The number of nitrogen functional groups attached to an aromatic ring is 1. The highest BCUT2D eigenvalue weighted by Crippen LogP contribution is 2.16. The Morgan fingerprint density at radius 3 is 2.25 bits per heavy atom. The standard InChI is InChI=1S/C15H21N5/c1-10(2)20(9-13-5-7-14(16)8-6-13)15-17-11(3)12(4)18-19-15/h5-8,10H,9,16H2,1-4H3. The van der Waals surface area contributed by atoms with Gasteiger partial charge in [0, 0.05) is 18.3 Å². The molecule has 1 aromatic heterocycles. The van der Waals surface area contributed by atoms with Gasteiger partial charge in [0.2, 0.25) is 5.95 Å². The smallest absolute Gasteiger partial charge is 0.246 e. The SMILES string of the molecule is Cc1nnc(N(Cc2ccc(N)cc2)C(C)C)nc1C. The van der Waals surface area contributed by atoms with E-state index in [2.05, 4.69) is 33.9 Å². The molecule has 0 amide bonds. The summed E-state index contributed by atoms with van der Waals surface area (Å²) in [5.41, 5.74) is 9.44. The number of nitrogens with zero attached hydrogens (tertiary/aromatic N) is 4. The van der Waals surface area contributed by atoms with Crippen LogP contribution in [-0.4, -0.2) is 21.2 Å². The van der Waals surface area contributed by atoms with Crippen molar-refractivity contribution in [3.8, 4) is 0 Å². The van der Waals surface area contributed by atoms with Crippen molar-refractivity contribution in [3.63, 3.8) is 0 Å². The highest BCUT2D eigenvalue weighted by molar-refractivity contribution is 5.41. The van der Waals surface area contributed by atoms with Crippen LogP contribution in [0.1, 0.15) is 30.8 Å². The van der Waals surface area contributed by atoms with Gasteiger partial charge in [0.05, 0.1) is 11.4 Å². The van der Waals surface area contributed by atoms with Crippen LogP contribution in [0.25, 0.3) is 0 Å². The maximum atomic E-state index is 5.72. The van der Waals surface area contributed by atoms with Gasteiger partial charge < -0.3 is 10.6 Å². The molecule has 0 atom stereocenters. The molecule has 106 valence electrons. The fraction of sp³-hybridized carbons (Fsp3) is 0.400. The Hall–Kier alpha value is -2.17. The molecule has 2 N–H and O–H groups in total. The van der Waals surface area contributed by atoms with Crippen molar-refractivity contribution >= 4 is 11.6 Å². The summed E-state index contributed by atoms with van der Waals surface area (Å²) in [4.78, 5) is 6.67. The Morgan fingerprint density at radius 2 is 1.70 bits per heavy atom. The van der Waals surface area contributed by atoms with Crippen molar-refractivity contribution in [2.24, 2.45) is 0 Å². The maximum Gasteiger partial charge on any atom is 0.246 e. The number of aromatic nitrogens is 3. The van der Waals surface area contributed by atoms with E-state index in [1.54, 1.807) is 0 Å². The second kappa shape index (κ2) is 5.86. The van der Waals surface area contributed by atoms with Crippen LogP contribution >= 0.6 is 0 Å². The molecule has 0 unspecified atom stereocenters. The van der Waals surface area contributed by atoms with Gasteiger partial charge in [-0.2, -0.15) is 5.10 Å². The Bertz CT molecular complexity index is 577. The number of hydrogen-bond donors (Lipinski definition) is 1. The van der Waals surface area contributed by atoms with Crippen molar-refractivity contribution in [1.29, 1.82) is 0 Å². The summed E-state index contributed by atoms with van der Waals surface area (Å²) in [6.07, 6.45) is 0. The van der Waals surface area contributed by atoms with Gasteiger partial charge in [-0.3, -0.25) is 0 Å². The largest absolute Gasteiger partial charge is 0.399 e. The van der Waals surface area contributed by atoms with Crippen LogP contribution < -0.4 is 10.6 Å². The fourth-order valence-electron chi connectivity index (χ4n) is 1.87. The first-order chi connectivity index (χ1) is 9.47. The van der Waals surface area contributed by atoms with E-state index in [1.165, 1.54) is 5.56 Å². The molecule has 2 rings (SSSR count). The van der Waals surface area contributed by atoms with E-state index in [-0.39, 0.29) is 6.04 Å². The van der Waals surface area contributed by atoms with E-state index in [9.17, 15) is 0 Å². The van der Waals surface area contributed by atoms with E-state index in [4.69, 9.17) is 5.73 Å². The minimum Gasteiger partial charge on any atom is -0.399 e. The Balaban J connectivity index is 2.26. The van der Waals surface area contributed by atoms with Gasteiger partial charge >= 0.3 is 0 Å². The van der Waals surface area contributed by atoms with Gasteiger partial charge in [0.25, 0.3) is 0 Å². The van der Waals surface area contributed by atoms with E-state index in [0.717, 1.165) is 23.6 Å². The van der Waals surface area contributed by atoms with Crippen molar-refractivity contribution in [2.75, 3.05) is 10.6 Å². The Labute approximate surface area is 119 Å². The topological polar surface area (TPSA) is 67.9 Å². The molecule has 2 aromatic rings. The van der Waals surface area contributed by atoms with Gasteiger partial charge in [-0.05, 0) is 45.4 Å². The molecule has 0 aliphatic carbocycles. The molecule has 5 nitrogen and oxygen atoms in total. The number of benzene rings is 1. The maximum absolute atomic E-state index is 5.72. The first-order valence-corrected chi connectivity index (χ1v) is 6.76. The molecule has 0 radical (unpaired) electrons. The van der Waals surface area contributed by atoms with Crippen molar-refractivity contribution in [2.45, 2.75) is 40.3 Å². The fourth-order valence-corrected chi connectivity index (χ4v) is 1.87. The first-order valence-electron chi connectivity index (χ1n) is 6.76. The van der Waals surface area contributed by atoms with Crippen LogP contribution in [0, 0.1) is 13.8 Å². The van der Waals surface area contributed by atoms with Gasteiger partial charge in [-0.25, -0.2) is 4.98 Å². The molecule has 0 aliphatic rings. The second-order valence-corrected chi connectivity index (χ2v) is 5.25. The van der Waals surface area contributed by atoms with Crippen LogP contribution in [0.2, 0.25) is 0 Å². The summed E-state index contributed by atoms with van der Waals surface area (Å²) in [7, 11) is 0. The molecule has 0 saturated carbocycles. The Morgan fingerprint density at radius 1 is 1.05 bits per heavy atom. The zero-order valence-corrected chi connectivity index (χ0v) is 12.5. The quantitative estimate of drug-likeness (QED) is 0.865. The third kappa shape index (κ3) is 3.23. The zero-order valence-electron chi connectivity index (χ0n) is 12.5. The summed E-state index contributed by atoms with van der Waals surface area (Å²) in [5, 5.41) is 8.38. The number of rotatable bonds is 4. The van der Waals surface area contributed by atoms with E-state index < -0.39 is 0 Å². The summed E-state index contributed by atoms with van der Waals surface area (Å²) >= 11 is 0. The van der Waals surface area contributed by atoms with Gasteiger partial charge in [-0.1, -0.05) is 12.1 Å². The molecule has 0 spiro atoms. The van der Waals surface area contributed by atoms with Crippen molar-refractivity contribution in [1.82, 2.24) is 15.2 Å². The molecular formula is C15H21N5. The van der Waals surface area contributed by atoms with Gasteiger partial charge in [0.15, 0.2) is 0 Å². The average molecular weight is 271 g/mol. The highest BCUT2D eigenvalue weighted by Gasteiger charge is 2.15. The van der Waals surface area contributed by atoms with Crippen LogP contribution in [0.5, 0.6) is 0 Å². The number of nitrogens with two attached hydrogens (primary N) is 1. The van der Waals surface area contributed by atoms with Gasteiger partial charge in [-0.15, -0.1) is 5.10 Å². The highest BCUT2D eigenvalue weighted by atomic mass is 15.3. The molecule has 0 fully saturated rings. The predicted octanol–water partition coefficient (Wildman–Crippen LogP) is 2.49.